The quantitative estimate of drug-likeness (QED) is 0.793. The van der Waals surface area contributed by atoms with Gasteiger partial charge >= 0.3 is 0 Å². The lowest BCUT2D eigenvalue weighted by atomic mass is 10.2. The maximum absolute atomic E-state index is 9.33. The summed E-state index contributed by atoms with van der Waals surface area (Å²) < 4.78 is 0. The van der Waals surface area contributed by atoms with Crippen molar-refractivity contribution in [3.05, 3.63) is 29.8 Å². The number of hydrogen-bond acceptors (Lipinski definition) is 3. The molecular weight excluding hydrogens is 212 g/mol. The van der Waals surface area contributed by atoms with Gasteiger partial charge in [-0.3, -0.25) is 0 Å². The van der Waals surface area contributed by atoms with Crippen molar-refractivity contribution < 1.29 is 5.11 Å². The Balaban J connectivity index is 2.55. The molecule has 0 aromatic heterocycles. The van der Waals surface area contributed by atoms with E-state index in [1.165, 1.54) is 5.56 Å². The van der Waals surface area contributed by atoms with Crippen molar-refractivity contribution in [2.24, 2.45) is 0 Å². The van der Waals surface area contributed by atoms with Gasteiger partial charge in [-0.2, -0.15) is 0 Å². The summed E-state index contributed by atoms with van der Waals surface area (Å²) in [5.41, 5.74) is 2.42. The number of nitrogens with one attached hydrogen (secondary N) is 1. The minimum atomic E-state index is -0.303. The zero-order valence-corrected chi connectivity index (χ0v) is 11.3. The summed E-state index contributed by atoms with van der Waals surface area (Å²) >= 11 is 0. The molecule has 0 bridgehead atoms. The highest BCUT2D eigenvalue weighted by Crippen LogP contribution is 2.14. The second-order valence-corrected chi connectivity index (χ2v) is 4.93. The Kier molecular flexibility index (Phi) is 5.45. The molecule has 17 heavy (non-hydrogen) atoms. The highest BCUT2D eigenvalue weighted by Gasteiger charge is 2.04. The Bertz CT molecular complexity index is 319. The van der Waals surface area contributed by atoms with Gasteiger partial charge < -0.3 is 15.3 Å². The molecule has 2 N–H and O–H groups in total. The van der Waals surface area contributed by atoms with Gasteiger partial charge in [-0.15, -0.1) is 0 Å². The molecule has 1 unspecified atom stereocenters. The molecule has 0 spiro atoms. The molecule has 0 aliphatic rings. The smallest absolute Gasteiger partial charge is 0.0686 e. The molecule has 1 aromatic rings. The van der Waals surface area contributed by atoms with E-state index in [1.807, 2.05) is 7.05 Å². The van der Waals surface area contributed by atoms with E-state index in [2.05, 4.69) is 48.3 Å². The SMILES string of the molecule is CC(O)CN(C)c1ccc(CNC(C)C)cc1. The normalized spacial score (nSPS) is 12.8. The number of likely N-dealkylation sites (N-methyl/N-ethyl adjacent to an activating group) is 1. The number of benzene rings is 1. The fourth-order valence-electron chi connectivity index (χ4n) is 1.69. The maximum Gasteiger partial charge on any atom is 0.0686 e. The Morgan fingerprint density at radius 1 is 1.18 bits per heavy atom. The predicted molar refractivity (Wildman–Crippen MR) is 73.4 cm³/mol. The molecule has 0 amide bonds. The van der Waals surface area contributed by atoms with Crippen LogP contribution in [0.1, 0.15) is 26.3 Å². The fraction of sp³-hybridized carbons (Fsp3) is 0.571. The van der Waals surface area contributed by atoms with Crippen LogP contribution in [-0.2, 0) is 6.54 Å². The van der Waals surface area contributed by atoms with Gasteiger partial charge in [0.25, 0.3) is 0 Å². The largest absolute Gasteiger partial charge is 0.392 e. The van der Waals surface area contributed by atoms with Gasteiger partial charge in [0.05, 0.1) is 6.10 Å². The van der Waals surface area contributed by atoms with Crippen LogP contribution < -0.4 is 10.2 Å². The summed E-state index contributed by atoms with van der Waals surface area (Å²) in [5, 5.41) is 12.7. The zero-order valence-electron chi connectivity index (χ0n) is 11.3. The Labute approximate surface area is 104 Å². The van der Waals surface area contributed by atoms with Crippen LogP contribution in [0.3, 0.4) is 0 Å². The molecule has 0 heterocycles. The van der Waals surface area contributed by atoms with Crippen LogP contribution in [-0.4, -0.2) is 30.8 Å². The molecule has 1 atom stereocenters. The van der Waals surface area contributed by atoms with E-state index in [1.54, 1.807) is 6.92 Å². The monoisotopic (exact) mass is 236 g/mol. The van der Waals surface area contributed by atoms with E-state index >= 15 is 0 Å². The number of aliphatic hydroxyl groups is 1. The van der Waals surface area contributed by atoms with Crippen LogP contribution >= 0.6 is 0 Å². The van der Waals surface area contributed by atoms with E-state index in [9.17, 15) is 5.11 Å². The lowest BCUT2D eigenvalue weighted by Gasteiger charge is -2.21. The topological polar surface area (TPSA) is 35.5 Å². The lowest BCUT2D eigenvalue weighted by molar-refractivity contribution is 0.201. The molecular formula is C14H24N2O. The van der Waals surface area contributed by atoms with Crippen molar-refractivity contribution in [3.63, 3.8) is 0 Å². The van der Waals surface area contributed by atoms with Crippen molar-refractivity contribution in [2.45, 2.75) is 39.5 Å². The third-order valence-electron chi connectivity index (χ3n) is 2.63. The molecule has 96 valence electrons. The van der Waals surface area contributed by atoms with Crippen LogP contribution in [0.15, 0.2) is 24.3 Å². The Hall–Kier alpha value is -1.06. The fourth-order valence-corrected chi connectivity index (χ4v) is 1.69. The lowest BCUT2D eigenvalue weighted by Crippen LogP contribution is -2.26. The summed E-state index contributed by atoms with van der Waals surface area (Å²) in [6.45, 7) is 7.65. The van der Waals surface area contributed by atoms with Gasteiger partial charge in [0, 0.05) is 31.9 Å². The number of anilines is 1. The summed E-state index contributed by atoms with van der Waals surface area (Å²) in [6.07, 6.45) is -0.303. The minimum absolute atomic E-state index is 0.303. The third kappa shape index (κ3) is 5.20. The standard InChI is InChI=1S/C14H24N2O/c1-11(2)15-9-13-5-7-14(8-6-13)16(4)10-12(3)17/h5-8,11-12,15,17H,9-10H2,1-4H3. The molecule has 0 fully saturated rings. The third-order valence-corrected chi connectivity index (χ3v) is 2.63. The van der Waals surface area contributed by atoms with Crippen molar-refractivity contribution in [1.82, 2.24) is 5.32 Å². The van der Waals surface area contributed by atoms with E-state index in [4.69, 9.17) is 0 Å². The molecule has 0 aliphatic heterocycles. The Morgan fingerprint density at radius 2 is 1.76 bits per heavy atom. The summed E-state index contributed by atoms with van der Waals surface area (Å²) in [7, 11) is 1.99. The number of aliphatic hydroxyl groups excluding tert-OH is 1. The number of hydrogen-bond donors (Lipinski definition) is 2. The first kappa shape index (κ1) is 14.0. The van der Waals surface area contributed by atoms with E-state index in [-0.39, 0.29) is 6.10 Å². The first-order valence-corrected chi connectivity index (χ1v) is 6.20. The first-order chi connectivity index (χ1) is 7.99. The molecule has 3 nitrogen and oxygen atoms in total. The van der Waals surface area contributed by atoms with E-state index in [0.717, 1.165) is 12.2 Å². The highest BCUT2D eigenvalue weighted by atomic mass is 16.3. The van der Waals surface area contributed by atoms with Gasteiger partial charge in [0.15, 0.2) is 0 Å². The summed E-state index contributed by atoms with van der Waals surface area (Å²) in [5.74, 6) is 0. The van der Waals surface area contributed by atoms with Crippen LogP contribution in [0.5, 0.6) is 0 Å². The van der Waals surface area contributed by atoms with Gasteiger partial charge in [0.1, 0.15) is 0 Å². The van der Waals surface area contributed by atoms with Gasteiger partial charge in [0.2, 0.25) is 0 Å². The summed E-state index contributed by atoms with van der Waals surface area (Å²) in [6, 6.07) is 8.96. The Morgan fingerprint density at radius 3 is 2.24 bits per heavy atom. The molecule has 1 aromatic carbocycles. The molecule has 3 heteroatoms. The van der Waals surface area contributed by atoms with Gasteiger partial charge in [-0.05, 0) is 24.6 Å². The first-order valence-electron chi connectivity index (χ1n) is 6.20. The number of rotatable bonds is 6. The molecule has 0 radical (unpaired) electrons. The second kappa shape index (κ2) is 6.62. The van der Waals surface area contributed by atoms with Crippen molar-refractivity contribution in [1.29, 1.82) is 0 Å². The summed E-state index contributed by atoms with van der Waals surface area (Å²) in [4.78, 5) is 2.06. The minimum Gasteiger partial charge on any atom is -0.392 e. The molecule has 0 aliphatic carbocycles. The molecule has 1 rings (SSSR count). The van der Waals surface area contributed by atoms with Crippen LogP contribution in [0.2, 0.25) is 0 Å². The van der Waals surface area contributed by atoms with Crippen LogP contribution in [0.25, 0.3) is 0 Å². The van der Waals surface area contributed by atoms with Gasteiger partial charge in [-0.1, -0.05) is 26.0 Å². The maximum atomic E-state index is 9.33. The van der Waals surface area contributed by atoms with Crippen molar-refractivity contribution in [2.75, 3.05) is 18.5 Å². The number of nitrogens with zero attached hydrogens (tertiary/aromatic N) is 1. The highest BCUT2D eigenvalue weighted by molar-refractivity contribution is 5.46. The van der Waals surface area contributed by atoms with E-state index < -0.39 is 0 Å². The zero-order chi connectivity index (χ0) is 12.8. The van der Waals surface area contributed by atoms with Crippen LogP contribution in [0.4, 0.5) is 5.69 Å². The molecule has 0 saturated heterocycles. The van der Waals surface area contributed by atoms with Gasteiger partial charge in [-0.25, -0.2) is 0 Å². The molecule has 0 saturated carbocycles. The van der Waals surface area contributed by atoms with Crippen LogP contribution in [0, 0.1) is 0 Å². The predicted octanol–water partition coefficient (Wildman–Crippen LogP) is 2.00. The van der Waals surface area contributed by atoms with E-state index in [0.29, 0.717) is 12.6 Å². The second-order valence-electron chi connectivity index (χ2n) is 4.93. The average Bonchev–Trinajstić information content (AvgIpc) is 2.26. The average molecular weight is 236 g/mol. The van der Waals surface area contributed by atoms with Crippen molar-refractivity contribution >= 4 is 5.69 Å². The van der Waals surface area contributed by atoms with Crippen molar-refractivity contribution in [3.8, 4) is 0 Å².